The molecule has 0 radical (unpaired) electrons. The first-order valence-electron chi connectivity index (χ1n) is 6.98. The van der Waals surface area contributed by atoms with Gasteiger partial charge in [-0.1, -0.05) is 18.2 Å². The average molecular weight is 285 g/mol. The van der Waals surface area contributed by atoms with E-state index in [-0.39, 0.29) is 17.3 Å². The Hall–Kier alpha value is -2.36. The van der Waals surface area contributed by atoms with Crippen molar-refractivity contribution < 1.29 is 14.3 Å². The van der Waals surface area contributed by atoms with E-state index >= 15 is 0 Å². The SMILES string of the molecule is O=C(O)c1ccc(NC2CC(c3ccccc3F)C2)cc1. The zero-order valence-corrected chi connectivity index (χ0v) is 11.4. The number of benzene rings is 2. The second kappa shape index (κ2) is 5.56. The highest BCUT2D eigenvalue weighted by molar-refractivity contribution is 5.88. The molecule has 3 rings (SSSR count). The van der Waals surface area contributed by atoms with Crippen LogP contribution in [0.15, 0.2) is 48.5 Å². The summed E-state index contributed by atoms with van der Waals surface area (Å²) in [5.41, 5.74) is 1.96. The summed E-state index contributed by atoms with van der Waals surface area (Å²) in [6, 6.07) is 13.9. The average Bonchev–Trinajstić information content (AvgIpc) is 2.44. The normalized spacial score (nSPS) is 20.6. The van der Waals surface area contributed by atoms with Crippen LogP contribution in [0.1, 0.15) is 34.7 Å². The Balaban J connectivity index is 1.57. The summed E-state index contributed by atoms with van der Waals surface area (Å²) >= 11 is 0. The molecule has 0 bridgehead atoms. The molecule has 0 spiro atoms. The Bertz CT molecular complexity index is 648. The van der Waals surface area contributed by atoms with Crippen molar-refractivity contribution in [2.45, 2.75) is 24.8 Å². The Morgan fingerprint density at radius 3 is 2.38 bits per heavy atom. The number of anilines is 1. The molecule has 2 aromatic carbocycles. The van der Waals surface area contributed by atoms with Crippen LogP contribution in [-0.2, 0) is 0 Å². The van der Waals surface area contributed by atoms with E-state index in [2.05, 4.69) is 5.32 Å². The number of nitrogens with one attached hydrogen (secondary N) is 1. The summed E-state index contributed by atoms with van der Waals surface area (Å²) in [4.78, 5) is 10.8. The van der Waals surface area contributed by atoms with E-state index in [1.165, 1.54) is 6.07 Å². The van der Waals surface area contributed by atoms with Crippen molar-refractivity contribution in [1.82, 2.24) is 0 Å². The van der Waals surface area contributed by atoms with E-state index in [4.69, 9.17) is 5.11 Å². The highest BCUT2D eigenvalue weighted by Gasteiger charge is 2.31. The lowest BCUT2D eigenvalue weighted by Crippen LogP contribution is -2.34. The molecule has 3 nitrogen and oxygen atoms in total. The molecule has 21 heavy (non-hydrogen) atoms. The fourth-order valence-corrected chi connectivity index (χ4v) is 2.74. The van der Waals surface area contributed by atoms with Gasteiger partial charge in [-0.05, 0) is 54.7 Å². The van der Waals surface area contributed by atoms with Gasteiger partial charge in [-0.15, -0.1) is 0 Å². The molecule has 0 saturated heterocycles. The summed E-state index contributed by atoms with van der Waals surface area (Å²) in [6.07, 6.45) is 1.78. The Morgan fingerprint density at radius 2 is 1.76 bits per heavy atom. The van der Waals surface area contributed by atoms with Crippen LogP contribution in [-0.4, -0.2) is 17.1 Å². The maximum absolute atomic E-state index is 13.7. The van der Waals surface area contributed by atoms with E-state index in [0.717, 1.165) is 24.1 Å². The molecule has 0 unspecified atom stereocenters. The summed E-state index contributed by atoms with van der Waals surface area (Å²) in [6.45, 7) is 0. The minimum absolute atomic E-state index is 0.133. The second-order valence-electron chi connectivity index (χ2n) is 5.41. The first kappa shape index (κ1) is 13.6. The summed E-state index contributed by atoms with van der Waals surface area (Å²) in [5, 5.41) is 12.2. The zero-order chi connectivity index (χ0) is 14.8. The standard InChI is InChI=1S/C17H16FNO2/c18-16-4-2-1-3-15(16)12-9-14(10-12)19-13-7-5-11(6-8-13)17(20)21/h1-8,12,14,19H,9-10H2,(H,20,21). The monoisotopic (exact) mass is 285 g/mol. The lowest BCUT2D eigenvalue weighted by Gasteiger charge is -2.37. The summed E-state index contributed by atoms with van der Waals surface area (Å²) in [7, 11) is 0. The molecule has 0 atom stereocenters. The van der Waals surface area contributed by atoms with Gasteiger partial charge in [0, 0.05) is 11.7 Å². The molecule has 1 saturated carbocycles. The van der Waals surface area contributed by atoms with E-state index in [1.54, 1.807) is 30.3 Å². The van der Waals surface area contributed by atoms with Crippen LogP contribution in [0, 0.1) is 5.82 Å². The van der Waals surface area contributed by atoms with Crippen LogP contribution in [0.4, 0.5) is 10.1 Å². The number of carbonyl (C=O) groups is 1. The molecule has 0 aliphatic heterocycles. The van der Waals surface area contributed by atoms with Gasteiger partial charge in [0.25, 0.3) is 0 Å². The molecule has 0 heterocycles. The van der Waals surface area contributed by atoms with Crippen LogP contribution in [0.2, 0.25) is 0 Å². The van der Waals surface area contributed by atoms with Crippen molar-refractivity contribution in [3.63, 3.8) is 0 Å². The molecule has 0 amide bonds. The van der Waals surface area contributed by atoms with Gasteiger partial charge in [0.15, 0.2) is 0 Å². The van der Waals surface area contributed by atoms with Gasteiger partial charge in [-0.2, -0.15) is 0 Å². The van der Waals surface area contributed by atoms with Gasteiger partial charge in [0.1, 0.15) is 5.82 Å². The Kier molecular flexibility index (Phi) is 3.60. The third-order valence-corrected chi connectivity index (χ3v) is 3.99. The molecule has 108 valence electrons. The quantitative estimate of drug-likeness (QED) is 0.896. The predicted octanol–water partition coefficient (Wildman–Crippen LogP) is 3.88. The van der Waals surface area contributed by atoms with Crippen LogP contribution < -0.4 is 5.32 Å². The maximum atomic E-state index is 13.7. The van der Waals surface area contributed by atoms with Crippen LogP contribution in [0.3, 0.4) is 0 Å². The Labute approximate surface area is 122 Å². The number of carboxylic acids is 1. The summed E-state index contributed by atoms with van der Waals surface area (Å²) < 4.78 is 13.7. The van der Waals surface area contributed by atoms with Crippen molar-refractivity contribution in [2.75, 3.05) is 5.32 Å². The number of carboxylic acid groups (broad SMARTS) is 1. The fraction of sp³-hybridized carbons (Fsp3) is 0.235. The lowest BCUT2D eigenvalue weighted by molar-refractivity contribution is 0.0697. The van der Waals surface area contributed by atoms with Crippen LogP contribution in [0.5, 0.6) is 0 Å². The van der Waals surface area contributed by atoms with Gasteiger partial charge < -0.3 is 10.4 Å². The van der Waals surface area contributed by atoms with Gasteiger partial charge in [-0.25, -0.2) is 9.18 Å². The van der Waals surface area contributed by atoms with Crippen LogP contribution in [0.25, 0.3) is 0 Å². The van der Waals surface area contributed by atoms with Gasteiger partial charge in [0.05, 0.1) is 5.56 Å². The molecule has 1 aliphatic rings. The molecule has 1 fully saturated rings. The molecule has 2 aromatic rings. The zero-order valence-electron chi connectivity index (χ0n) is 11.4. The maximum Gasteiger partial charge on any atom is 0.335 e. The minimum Gasteiger partial charge on any atom is -0.478 e. The van der Waals surface area contributed by atoms with E-state index < -0.39 is 5.97 Å². The number of hydrogen-bond acceptors (Lipinski definition) is 2. The van der Waals surface area contributed by atoms with E-state index in [9.17, 15) is 9.18 Å². The van der Waals surface area contributed by atoms with Crippen molar-refractivity contribution in [3.05, 3.63) is 65.5 Å². The van der Waals surface area contributed by atoms with E-state index in [1.807, 2.05) is 12.1 Å². The van der Waals surface area contributed by atoms with Crippen molar-refractivity contribution >= 4 is 11.7 Å². The number of aromatic carboxylic acids is 1. The third kappa shape index (κ3) is 2.89. The predicted molar refractivity (Wildman–Crippen MR) is 79.2 cm³/mol. The van der Waals surface area contributed by atoms with Crippen molar-refractivity contribution in [1.29, 1.82) is 0 Å². The van der Waals surface area contributed by atoms with E-state index in [0.29, 0.717) is 6.04 Å². The first-order chi connectivity index (χ1) is 10.1. The molecule has 2 N–H and O–H groups in total. The third-order valence-electron chi connectivity index (χ3n) is 3.99. The smallest absolute Gasteiger partial charge is 0.335 e. The topological polar surface area (TPSA) is 49.3 Å². The number of rotatable bonds is 4. The van der Waals surface area contributed by atoms with Gasteiger partial charge in [0.2, 0.25) is 0 Å². The molecule has 0 aromatic heterocycles. The Morgan fingerprint density at radius 1 is 1.10 bits per heavy atom. The summed E-state index contributed by atoms with van der Waals surface area (Å²) in [5.74, 6) is -0.793. The highest BCUT2D eigenvalue weighted by Crippen LogP contribution is 2.39. The fourth-order valence-electron chi connectivity index (χ4n) is 2.74. The van der Waals surface area contributed by atoms with Crippen LogP contribution >= 0.6 is 0 Å². The first-order valence-corrected chi connectivity index (χ1v) is 6.98. The number of halogens is 1. The van der Waals surface area contributed by atoms with Gasteiger partial charge in [-0.3, -0.25) is 0 Å². The van der Waals surface area contributed by atoms with Crippen molar-refractivity contribution in [3.8, 4) is 0 Å². The molecular formula is C17H16FNO2. The second-order valence-corrected chi connectivity index (χ2v) is 5.41. The minimum atomic E-state index is -0.926. The van der Waals surface area contributed by atoms with Crippen molar-refractivity contribution in [2.24, 2.45) is 0 Å². The van der Waals surface area contributed by atoms with Gasteiger partial charge >= 0.3 is 5.97 Å². The lowest BCUT2D eigenvalue weighted by atomic mass is 9.75. The molecule has 4 heteroatoms. The molecule has 1 aliphatic carbocycles. The molecular weight excluding hydrogens is 269 g/mol. The largest absolute Gasteiger partial charge is 0.478 e. The highest BCUT2D eigenvalue weighted by atomic mass is 19.1. The number of hydrogen-bond donors (Lipinski definition) is 2.